The van der Waals surface area contributed by atoms with Crippen LogP contribution < -0.4 is 5.32 Å². The third kappa shape index (κ3) is 2.08. The smallest absolute Gasteiger partial charge is 0.244 e. The van der Waals surface area contributed by atoms with Crippen molar-refractivity contribution in [1.29, 1.82) is 0 Å². The molecular formula is C12H19N3O2S. The monoisotopic (exact) mass is 269 g/mol. The van der Waals surface area contributed by atoms with Gasteiger partial charge in [0.2, 0.25) is 10.0 Å². The van der Waals surface area contributed by atoms with Gasteiger partial charge in [0.1, 0.15) is 0 Å². The van der Waals surface area contributed by atoms with E-state index in [2.05, 4.69) is 5.32 Å². The zero-order valence-electron chi connectivity index (χ0n) is 10.5. The zero-order valence-corrected chi connectivity index (χ0v) is 11.4. The lowest BCUT2D eigenvalue weighted by atomic mass is 10.1. The van der Waals surface area contributed by atoms with Gasteiger partial charge < -0.3 is 9.88 Å². The summed E-state index contributed by atoms with van der Waals surface area (Å²) < 4.78 is 28.4. The van der Waals surface area contributed by atoms with E-state index >= 15 is 0 Å². The van der Waals surface area contributed by atoms with Crippen molar-refractivity contribution in [3.63, 3.8) is 0 Å². The molecule has 0 aromatic carbocycles. The molecule has 5 nitrogen and oxygen atoms in total. The van der Waals surface area contributed by atoms with Crippen LogP contribution in [-0.2, 0) is 17.1 Å². The number of nitrogens with zero attached hydrogens (tertiary/aromatic N) is 2. The quantitative estimate of drug-likeness (QED) is 0.852. The maximum absolute atomic E-state index is 12.5. The van der Waals surface area contributed by atoms with Crippen LogP contribution in [0.15, 0.2) is 23.4 Å². The van der Waals surface area contributed by atoms with Crippen LogP contribution in [0.2, 0.25) is 0 Å². The van der Waals surface area contributed by atoms with Gasteiger partial charge in [-0.15, -0.1) is 0 Å². The second-order valence-electron chi connectivity index (χ2n) is 5.30. The molecule has 3 heterocycles. The second-order valence-corrected chi connectivity index (χ2v) is 7.24. The van der Waals surface area contributed by atoms with Crippen molar-refractivity contribution in [3.05, 3.63) is 18.5 Å². The number of hydrogen-bond acceptors (Lipinski definition) is 3. The van der Waals surface area contributed by atoms with E-state index in [4.69, 9.17) is 0 Å². The molecule has 1 aromatic rings. The fraction of sp³-hybridized carbons (Fsp3) is 0.667. The van der Waals surface area contributed by atoms with Gasteiger partial charge in [-0.2, -0.15) is 4.31 Å². The van der Waals surface area contributed by atoms with Gasteiger partial charge in [0.25, 0.3) is 0 Å². The van der Waals surface area contributed by atoms with Crippen molar-refractivity contribution in [2.45, 2.75) is 36.2 Å². The van der Waals surface area contributed by atoms with E-state index in [0.717, 1.165) is 12.8 Å². The summed E-state index contributed by atoms with van der Waals surface area (Å²) in [6.45, 7) is 1.24. The second kappa shape index (κ2) is 4.36. The summed E-state index contributed by atoms with van der Waals surface area (Å²) in [5.74, 6) is 0. The first-order valence-electron chi connectivity index (χ1n) is 6.44. The normalized spacial score (nSPS) is 29.4. The molecule has 1 aromatic heterocycles. The highest BCUT2D eigenvalue weighted by atomic mass is 32.2. The standard InChI is InChI=1S/C12H19N3O2S/c1-14-6-5-12(9-14)18(16,17)15-7-4-10-2-3-11(8-15)13-10/h5-6,9-11,13H,2-4,7-8H2,1H3. The maximum atomic E-state index is 12.5. The van der Waals surface area contributed by atoms with Crippen molar-refractivity contribution >= 4 is 10.0 Å². The fourth-order valence-corrected chi connectivity index (χ4v) is 4.46. The molecule has 2 aliphatic rings. The summed E-state index contributed by atoms with van der Waals surface area (Å²) in [6, 6.07) is 2.51. The first kappa shape index (κ1) is 12.2. The Kier molecular flexibility index (Phi) is 2.96. The molecule has 0 spiro atoms. The summed E-state index contributed by atoms with van der Waals surface area (Å²) in [4.78, 5) is 0.405. The Morgan fingerprint density at radius 2 is 2.06 bits per heavy atom. The third-order valence-corrected chi connectivity index (χ3v) is 5.78. The van der Waals surface area contributed by atoms with Gasteiger partial charge in [0, 0.05) is 44.6 Å². The minimum absolute atomic E-state index is 0.330. The molecule has 0 saturated carbocycles. The summed E-state index contributed by atoms with van der Waals surface area (Å²) in [7, 11) is -1.48. The van der Waals surface area contributed by atoms with E-state index < -0.39 is 10.0 Å². The molecule has 0 radical (unpaired) electrons. The first-order chi connectivity index (χ1) is 8.55. The molecule has 2 fully saturated rings. The highest BCUT2D eigenvalue weighted by Gasteiger charge is 2.35. The number of rotatable bonds is 2. The number of nitrogens with one attached hydrogen (secondary N) is 1. The van der Waals surface area contributed by atoms with Gasteiger partial charge in [-0.1, -0.05) is 0 Å². The van der Waals surface area contributed by atoms with Gasteiger partial charge in [0.05, 0.1) is 4.90 Å². The molecule has 1 N–H and O–H groups in total. The van der Waals surface area contributed by atoms with E-state index in [0.29, 0.717) is 30.1 Å². The van der Waals surface area contributed by atoms with Crippen molar-refractivity contribution in [3.8, 4) is 0 Å². The number of aromatic nitrogens is 1. The lowest BCUT2D eigenvalue weighted by molar-refractivity contribution is 0.383. The van der Waals surface area contributed by atoms with Crippen LogP contribution in [0.25, 0.3) is 0 Å². The Bertz CT molecular complexity index is 537. The molecule has 6 heteroatoms. The minimum atomic E-state index is -3.31. The molecule has 2 unspecified atom stereocenters. The molecule has 2 atom stereocenters. The van der Waals surface area contributed by atoms with Crippen LogP contribution in [0.4, 0.5) is 0 Å². The summed E-state index contributed by atoms with van der Waals surface area (Å²) in [6.07, 6.45) is 6.64. The van der Waals surface area contributed by atoms with Gasteiger partial charge >= 0.3 is 0 Å². The molecule has 3 rings (SSSR count). The van der Waals surface area contributed by atoms with Crippen LogP contribution in [0.5, 0.6) is 0 Å². The Hall–Kier alpha value is -0.850. The average Bonchev–Trinajstić information content (AvgIpc) is 2.85. The number of hydrogen-bond donors (Lipinski definition) is 1. The summed E-state index contributed by atoms with van der Waals surface area (Å²) in [5.41, 5.74) is 0. The van der Waals surface area contributed by atoms with Crippen LogP contribution in [-0.4, -0.2) is 42.5 Å². The minimum Gasteiger partial charge on any atom is -0.356 e. The van der Waals surface area contributed by atoms with E-state index in [1.165, 1.54) is 6.42 Å². The molecular weight excluding hydrogens is 250 g/mol. The Labute approximate surface area is 108 Å². The average molecular weight is 269 g/mol. The SMILES string of the molecule is Cn1ccc(S(=O)(=O)N2CCC3CCC(C2)N3)c1. The lowest BCUT2D eigenvalue weighted by Crippen LogP contribution is -2.38. The van der Waals surface area contributed by atoms with Crippen molar-refractivity contribution in [2.24, 2.45) is 7.05 Å². The van der Waals surface area contributed by atoms with E-state index in [-0.39, 0.29) is 0 Å². The lowest BCUT2D eigenvalue weighted by Gasteiger charge is -2.23. The van der Waals surface area contributed by atoms with Crippen LogP contribution in [0.1, 0.15) is 19.3 Å². The summed E-state index contributed by atoms with van der Waals surface area (Å²) >= 11 is 0. The van der Waals surface area contributed by atoms with Gasteiger partial charge in [-0.05, 0) is 25.3 Å². The van der Waals surface area contributed by atoms with Crippen molar-refractivity contribution in [1.82, 2.24) is 14.2 Å². The van der Waals surface area contributed by atoms with E-state index in [1.807, 2.05) is 7.05 Å². The Balaban J connectivity index is 1.85. The van der Waals surface area contributed by atoms with Crippen LogP contribution in [0.3, 0.4) is 0 Å². The number of fused-ring (bicyclic) bond motifs is 2. The predicted molar refractivity (Wildman–Crippen MR) is 68.7 cm³/mol. The molecule has 18 heavy (non-hydrogen) atoms. The molecule has 0 amide bonds. The van der Waals surface area contributed by atoms with Crippen molar-refractivity contribution < 1.29 is 8.42 Å². The Morgan fingerprint density at radius 1 is 1.28 bits per heavy atom. The highest BCUT2D eigenvalue weighted by Crippen LogP contribution is 2.24. The van der Waals surface area contributed by atoms with Crippen LogP contribution >= 0.6 is 0 Å². The molecule has 100 valence electrons. The van der Waals surface area contributed by atoms with Gasteiger partial charge in [-0.25, -0.2) is 8.42 Å². The molecule has 2 bridgehead atoms. The summed E-state index contributed by atoms with van der Waals surface area (Å²) in [5, 5.41) is 3.50. The van der Waals surface area contributed by atoms with E-state index in [1.54, 1.807) is 27.3 Å². The fourth-order valence-electron chi connectivity index (χ4n) is 2.91. The van der Waals surface area contributed by atoms with E-state index in [9.17, 15) is 8.42 Å². The maximum Gasteiger partial charge on any atom is 0.244 e. The highest BCUT2D eigenvalue weighted by molar-refractivity contribution is 7.89. The number of sulfonamides is 1. The predicted octanol–water partition coefficient (Wildman–Crippen LogP) is 0.540. The largest absolute Gasteiger partial charge is 0.356 e. The molecule has 0 aliphatic carbocycles. The Morgan fingerprint density at radius 3 is 2.78 bits per heavy atom. The van der Waals surface area contributed by atoms with Crippen molar-refractivity contribution in [2.75, 3.05) is 13.1 Å². The van der Waals surface area contributed by atoms with Crippen LogP contribution in [0, 0.1) is 0 Å². The molecule has 2 aliphatic heterocycles. The third-order valence-electron chi connectivity index (χ3n) is 3.93. The first-order valence-corrected chi connectivity index (χ1v) is 7.88. The zero-order chi connectivity index (χ0) is 12.8. The number of aryl methyl sites for hydroxylation is 1. The topological polar surface area (TPSA) is 54.3 Å². The van der Waals surface area contributed by atoms with Gasteiger partial charge in [0.15, 0.2) is 0 Å². The van der Waals surface area contributed by atoms with Gasteiger partial charge in [-0.3, -0.25) is 0 Å². The molecule has 2 saturated heterocycles.